The van der Waals surface area contributed by atoms with E-state index in [1.54, 1.807) is 0 Å². The first-order valence-corrected chi connectivity index (χ1v) is 8.90. The third-order valence-electron chi connectivity index (χ3n) is 7.37. The van der Waals surface area contributed by atoms with Crippen molar-refractivity contribution in [2.45, 2.75) is 52.6 Å². The lowest BCUT2D eigenvalue weighted by atomic mass is 9.43. The van der Waals surface area contributed by atoms with E-state index in [1.807, 2.05) is 6.08 Å². The Kier molecular flexibility index (Phi) is 4.09. The highest BCUT2D eigenvalue weighted by Gasteiger charge is 2.60. The molecular weight excluding hydrogens is 288 g/mol. The summed E-state index contributed by atoms with van der Waals surface area (Å²) in [6, 6.07) is 0. The Morgan fingerprint density at radius 2 is 2.04 bits per heavy atom. The van der Waals surface area contributed by atoms with Gasteiger partial charge in [0.15, 0.2) is 5.78 Å². The molecule has 2 N–H and O–H groups in total. The van der Waals surface area contributed by atoms with E-state index in [4.69, 9.17) is 0 Å². The van der Waals surface area contributed by atoms with Crippen molar-refractivity contribution >= 4 is 5.78 Å². The number of rotatable bonds is 2. The largest absolute Gasteiger partial charge is 0.392 e. The molecule has 0 spiro atoms. The normalized spacial score (nSPS) is 45.7. The summed E-state index contributed by atoms with van der Waals surface area (Å²) in [7, 11) is 0. The van der Waals surface area contributed by atoms with Crippen LogP contribution in [-0.4, -0.2) is 28.7 Å². The molecule has 0 unspecified atom stereocenters. The zero-order chi connectivity index (χ0) is 17.0. The van der Waals surface area contributed by atoms with Gasteiger partial charge in [0, 0.05) is 17.8 Å². The fraction of sp³-hybridized carbons (Fsp3) is 0.750. The summed E-state index contributed by atoms with van der Waals surface area (Å²) in [6.07, 6.45) is 6.85. The highest BCUT2D eigenvalue weighted by atomic mass is 16.3. The Hall–Kier alpha value is -0.930. The van der Waals surface area contributed by atoms with Gasteiger partial charge >= 0.3 is 0 Å². The van der Waals surface area contributed by atoms with Gasteiger partial charge in [-0.2, -0.15) is 0 Å². The van der Waals surface area contributed by atoms with Crippen molar-refractivity contribution in [3.05, 3.63) is 24.3 Å². The molecule has 3 aliphatic carbocycles. The van der Waals surface area contributed by atoms with Crippen LogP contribution in [0.4, 0.5) is 0 Å². The van der Waals surface area contributed by atoms with Crippen molar-refractivity contribution in [1.82, 2.24) is 0 Å². The maximum atomic E-state index is 12.5. The van der Waals surface area contributed by atoms with Crippen LogP contribution in [0.3, 0.4) is 0 Å². The lowest BCUT2D eigenvalue weighted by Crippen LogP contribution is -2.60. The van der Waals surface area contributed by atoms with Crippen LogP contribution in [0.25, 0.3) is 0 Å². The molecule has 0 aromatic carbocycles. The van der Waals surface area contributed by atoms with Crippen LogP contribution in [-0.2, 0) is 4.79 Å². The number of ketones is 1. The summed E-state index contributed by atoms with van der Waals surface area (Å²) < 4.78 is 0. The van der Waals surface area contributed by atoms with E-state index >= 15 is 0 Å². The molecule has 3 heteroatoms. The van der Waals surface area contributed by atoms with Crippen LogP contribution in [0.1, 0.15) is 46.5 Å². The Morgan fingerprint density at radius 3 is 2.65 bits per heavy atom. The molecule has 0 aromatic rings. The maximum absolute atomic E-state index is 12.5. The van der Waals surface area contributed by atoms with Crippen molar-refractivity contribution in [3.8, 4) is 0 Å². The molecule has 2 fully saturated rings. The number of aliphatic hydroxyl groups excluding tert-OH is 2. The molecule has 6 atom stereocenters. The molecule has 0 saturated heterocycles. The van der Waals surface area contributed by atoms with Gasteiger partial charge in [-0.3, -0.25) is 4.79 Å². The molecule has 23 heavy (non-hydrogen) atoms. The Bertz CT molecular complexity index is 547. The molecule has 3 nitrogen and oxygen atoms in total. The van der Waals surface area contributed by atoms with Gasteiger partial charge in [0.25, 0.3) is 0 Å². The Morgan fingerprint density at radius 1 is 1.35 bits per heavy atom. The fourth-order valence-corrected chi connectivity index (χ4v) is 6.25. The SMILES string of the molecule is C=C[C@H]1C(CO)=CC[C@H]2[C@H]1CC[C@H]1C(C)(C)[C@@H](O)C(=O)C[C@]21C. The van der Waals surface area contributed by atoms with Gasteiger partial charge < -0.3 is 10.2 Å². The van der Waals surface area contributed by atoms with Crippen molar-refractivity contribution in [3.63, 3.8) is 0 Å². The van der Waals surface area contributed by atoms with E-state index in [1.165, 1.54) is 0 Å². The number of hydrogen-bond acceptors (Lipinski definition) is 3. The predicted molar refractivity (Wildman–Crippen MR) is 90.7 cm³/mol. The number of allylic oxidation sites excluding steroid dienone is 2. The van der Waals surface area contributed by atoms with Gasteiger partial charge in [0.1, 0.15) is 6.10 Å². The molecule has 128 valence electrons. The van der Waals surface area contributed by atoms with Gasteiger partial charge in [-0.15, -0.1) is 6.58 Å². The van der Waals surface area contributed by atoms with Gasteiger partial charge in [0.2, 0.25) is 0 Å². The fourth-order valence-electron chi connectivity index (χ4n) is 6.25. The average Bonchev–Trinajstić information content (AvgIpc) is 2.51. The molecule has 2 saturated carbocycles. The second-order valence-corrected chi connectivity index (χ2v) is 8.71. The molecule has 0 bridgehead atoms. The first-order valence-electron chi connectivity index (χ1n) is 8.90. The third-order valence-corrected chi connectivity index (χ3v) is 7.37. The number of aliphatic hydroxyl groups is 2. The van der Waals surface area contributed by atoms with Crippen molar-refractivity contribution < 1.29 is 15.0 Å². The predicted octanol–water partition coefficient (Wildman–Crippen LogP) is 3.12. The lowest BCUT2D eigenvalue weighted by Gasteiger charge is -2.61. The molecular formula is C20H30O3. The van der Waals surface area contributed by atoms with Gasteiger partial charge in [-0.05, 0) is 48.0 Å². The second-order valence-electron chi connectivity index (χ2n) is 8.71. The first kappa shape index (κ1) is 16.9. The number of carbonyl (C=O) groups is 1. The summed E-state index contributed by atoms with van der Waals surface area (Å²) in [5.74, 6) is 1.47. The molecule has 3 aliphatic rings. The molecule has 3 rings (SSSR count). The van der Waals surface area contributed by atoms with Crippen LogP contribution in [0.5, 0.6) is 0 Å². The van der Waals surface area contributed by atoms with Crippen LogP contribution in [0, 0.1) is 34.5 Å². The van der Waals surface area contributed by atoms with Crippen molar-refractivity contribution in [1.29, 1.82) is 0 Å². The second kappa shape index (κ2) is 5.56. The van der Waals surface area contributed by atoms with E-state index in [0.29, 0.717) is 24.2 Å². The highest BCUT2D eigenvalue weighted by molar-refractivity contribution is 5.85. The van der Waals surface area contributed by atoms with Crippen LogP contribution in [0.2, 0.25) is 0 Å². The highest BCUT2D eigenvalue weighted by Crippen LogP contribution is 2.63. The standard InChI is InChI=1S/C20H30O3/c1-5-13-12(11-21)6-8-15-14(13)7-9-17-19(2,3)18(23)16(22)10-20(15,17)4/h5-6,13-15,17-18,21,23H,1,7-11H2,2-4H3/t13-,14-,15-,17-,18-,20+/m0/s1. The van der Waals surface area contributed by atoms with Crippen LogP contribution < -0.4 is 0 Å². The molecule has 0 amide bonds. The zero-order valence-corrected chi connectivity index (χ0v) is 14.6. The van der Waals surface area contributed by atoms with E-state index in [0.717, 1.165) is 24.8 Å². The van der Waals surface area contributed by atoms with Crippen LogP contribution in [0.15, 0.2) is 24.3 Å². The number of hydrogen-bond donors (Lipinski definition) is 2. The minimum Gasteiger partial charge on any atom is -0.392 e. The topological polar surface area (TPSA) is 57.5 Å². The molecule has 0 aliphatic heterocycles. The zero-order valence-electron chi connectivity index (χ0n) is 14.6. The Labute approximate surface area is 139 Å². The quantitative estimate of drug-likeness (QED) is 0.769. The van der Waals surface area contributed by atoms with Crippen LogP contribution >= 0.6 is 0 Å². The van der Waals surface area contributed by atoms with Gasteiger partial charge in [0.05, 0.1) is 6.61 Å². The lowest BCUT2D eigenvalue weighted by molar-refractivity contribution is -0.173. The first-order chi connectivity index (χ1) is 10.8. The monoisotopic (exact) mass is 318 g/mol. The summed E-state index contributed by atoms with van der Waals surface area (Å²) in [6.45, 7) is 10.5. The van der Waals surface area contributed by atoms with E-state index < -0.39 is 6.10 Å². The van der Waals surface area contributed by atoms with Gasteiger partial charge in [-0.25, -0.2) is 0 Å². The van der Waals surface area contributed by atoms with E-state index in [-0.39, 0.29) is 29.1 Å². The number of Topliss-reactive ketones (excluding diaryl/α,β-unsaturated/α-hetero) is 1. The van der Waals surface area contributed by atoms with Gasteiger partial charge in [-0.1, -0.05) is 32.9 Å². The summed E-state index contributed by atoms with van der Waals surface area (Å²) in [4.78, 5) is 12.5. The summed E-state index contributed by atoms with van der Waals surface area (Å²) >= 11 is 0. The minimum atomic E-state index is -0.834. The average molecular weight is 318 g/mol. The van der Waals surface area contributed by atoms with E-state index in [9.17, 15) is 15.0 Å². The number of fused-ring (bicyclic) bond motifs is 3. The molecule has 0 aromatic heterocycles. The molecule has 0 heterocycles. The minimum absolute atomic E-state index is 0.00138. The van der Waals surface area contributed by atoms with Crippen molar-refractivity contribution in [2.75, 3.05) is 6.61 Å². The summed E-state index contributed by atoms with van der Waals surface area (Å²) in [5, 5.41) is 20.1. The third kappa shape index (κ3) is 2.27. The summed E-state index contributed by atoms with van der Waals surface area (Å²) in [5.41, 5.74) is 0.658. The van der Waals surface area contributed by atoms with Crippen molar-refractivity contribution in [2.24, 2.45) is 34.5 Å². The maximum Gasteiger partial charge on any atom is 0.162 e. The molecule has 0 radical (unpaired) electrons. The number of carbonyl (C=O) groups excluding carboxylic acids is 1. The van der Waals surface area contributed by atoms with E-state index in [2.05, 4.69) is 33.4 Å². The Balaban J connectivity index is 2.01. The smallest absolute Gasteiger partial charge is 0.162 e.